The molecule has 2 aromatic heterocycles. The molecule has 0 aromatic carbocycles. The number of allylic oxidation sites excluding steroid dienone is 1. The fourth-order valence-corrected chi connectivity index (χ4v) is 4.13. The van der Waals surface area contributed by atoms with Crippen molar-refractivity contribution in [2.75, 3.05) is 11.1 Å². The Morgan fingerprint density at radius 1 is 1.26 bits per heavy atom. The Hall–Kier alpha value is -2.63. The van der Waals surface area contributed by atoms with Crippen LogP contribution >= 0.6 is 0 Å². The van der Waals surface area contributed by atoms with Crippen LogP contribution in [0.3, 0.4) is 0 Å². The van der Waals surface area contributed by atoms with Crippen LogP contribution in [0.1, 0.15) is 62.8 Å². The largest absolute Gasteiger partial charge is 0.383 e. The molecule has 2 heterocycles. The third kappa shape index (κ3) is 3.48. The summed E-state index contributed by atoms with van der Waals surface area (Å²) in [4.78, 5) is 21.8. The number of anilines is 3. The summed E-state index contributed by atoms with van der Waals surface area (Å²) < 4.78 is 1.96. The van der Waals surface area contributed by atoms with Gasteiger partial charge >= 0.3 is 0 Å². The first-order valence-electron chi connectivity index (χ1n) is 9.52. The van der Waals surface area contributed by atoms with E-state index in [-0.39, 0.29) is 11.1 Å². The summed E-state index contributed by atoms with van der Waals surface area (Å²) >= 11 is 0. The van der Waals surface area contributed by atoms with Crippen molar-refractivity contribution in [1.82, 2.24) is 14.5 Å². The van der Waals surface area contributed by atoms with Crippen molar-refractivity contribution in [3.8, 4) is 0 Å². The number of aryl methyl sites for hydroxylation is 1. The van der Waals surface area contributed by atoms with Gasteiger partial charge in [-0.05, 0) is 57.7 Å². The summed E-state index contributed by atoms with van der Waals surface area (Å²) in [5, 5.41) is 3.19. The quantitative estimate of drug-likeness (QED) is 0.842. The number of nitrogen functional groups attached to an aromatic ring is 1. The molecule has 3 N–H and O–H groups in total. The first kappa shape index (κ1) is 19.1. The topological polar surface area (TPSA) is 85.8 Å². The third-order valence-electron chi connectivity index (χ3n) is 5.64. The molecule has 27 heavy (non-hydrogen) atoms. The van der Waals surface area contributed by atoms with E-state index in [4.69, 9.17) is 5.73 Å². The number of aromatic nitrogens is 3. The van der Waals surface area contributed by atoms with Crippen molar-refractivity contribution < 1.29 is 0 Å². The van der Waals surface area contributed by atoms with Crippen molar-refractivity contribution in [1.29, 1.82) is 0 Å². The van der Waals surface area contributed by atoms with E-state index in [0.29, 0.717) is 17.3 Å². The van der Waals surface area contributed by atoms with Gasteiger partial charge in [-0.1, -0.05) is 25.8 Å². The summed E-state index contributed by atoms with van der Waals surface area (Å²) in [6, 6.07) is 1.88. The second-order valence-corrected chi connectivity index (χ2v) is 7.93. The van der Waals surface area contributed by atoms with Crippen LogP contribution in [0.4, 0.5) is 17.3 Å². The van der Waals surface area contributed by atoms with E-state index in [0.717, 1.165) is 48.1 Å². The van der Waals surface area contributed by atoms with E-state index in [2.05, 4.69) is 28.8 Å². The molecular weight excluding hydrogens is 338 g/mol. The first-order valence-corrected chi connectivity index (χ1v) is 9.52. The van der Waals surface area contributed by atoms with Crippen LogP contribution in [0.25, 0.3) is 5.57 Å². The van der Waals surface area contributed by atoms with Gasteiger partial charge < -0.3 is 15.6 Å². The molecule has 1 saturated carbocycles. The second-order valence-electron chi connectivity index (χ2n) is 7.93. The Morgan fingerprint density at radius 2 is 1.93 bits per heavy atom. The molecule has 3 rings (SSSR count). The van der Waals surface area contributed by atoms with Crippen LogP contribution in [0, 0.1) is 13.8 Å². The Labute approximate surface area is 160 Å². The summed E-state index contributed by atoms with van der Waals surface area (Å²) in [6.45, 7) is 12.2. The normalized spacial score (nSPS) is 16.1. The Kier molecular flexibility index (Phi) is 5.09. The highest BCUT2D eigenvalue weighted by Gasteiger charge is 2.33. The second kappa shape index (κ2) is 7.18. The van der Waals surface area contributed by atoms with Gasteiger partial charge in [0.05, 0.1) is 0 Å². The van der Waals surface area contributed by atoms with Crippen LogP contribution < -0.4 is 16.6 Å². The summed E-state index contributed by atoms with van der Waals surface area (Å²) in [6.07, 6.45) is 6.89. The monoisotopic (exact) mass is 367 g/mol. The van der Waals surface area contributed by atoms with E-state index in [9.17, 15) is 4.79 Å². The standard InChI is InChI=1S/C21H29N5O/c1-13(2)17-14(3)11-16(25-19-15(4)18(22)23-12-24-19)20(27)26(17)21(5)9-7-6-8-10-21/h11-12H,1,6-10H2,2-5H3,(H3,22,23,24,25). The van der Waals surface area contributed by atoms with Gasteiger partial charge in [0.25, 0.3) is 5.56 Å². The lowest BCUT2D eigenvalue weighted by Crippen LogP contribution is -2.42. The fourth-order valence-electron chi connectivity index (χ4n) is 4.13. The molecule has 2 aromatic rings. The average Bonchev–Trinajstić information content (AvgIpc) is 2.61. The van der Waals surface area contributed by atoms with Gasteiger partial charge in [0.15, 0.2) is 0 Å². The lowest BCUT2D eigenvalue weighted by molar-refractivity contribution is 0.211. The molecule has 1 aliphatic carbocycles. The number of hydrogen-bond donors (Lipinski definition) is 2. The van der Waals surface area contributed by atoms with Gasteiger partial charge in [-0.15, -0.1) is 0 Å². The number of hydrogen-bond acceptors (Lipinski definition) is 5. The molecular formula is C21H29N5O. The van der Waals surface area contributed by atoms with E-state index < -0.39 is 0 Å². The van der Waals surface area contributed by atoms with Crippen molar-refractivity contribution >= 4 is 22.9 Å². The van der Waals surface area contributed by atoms with Crippen LogP contribution in [-0.4, -0.2) is 14.5 Å². The van der Waals surface area contributed by atoms with Crippen molar-refractivity contribution in [3.05, 3.63) is 46.1 Å². The van der Waals surface area contributed by atoms with Crippen molar-refractivity contribution in [2.24, 2.45) is 0 Å². The van der Waals surface area contributed by atoms with E-state index in [1.165, 1.54) is 12.7 Å². The molecule has 0 saturated heterocycles. The van der Waals surface area contributed by atoms with E-state index in [1.54, 1.807) is 0 Å². The maximum atomic E-state index is 13.5. The average molecular weight is 367 g/mol. The number of nitrogens with two attached hydrogens (primary N) is 1. The minimum absolute atomic E-state index is 0.0421. The molecule has 0 spiro atoms. The van der Waals surface area contributed by atoms with Crippen LogP contribution in [0.2, 0.25) is 0 Å². The molecule has 0 radical (unpaired) electrons. The van der Waals surface area contributed by atoms with Gasteiger partial charge in [-0.25, -0.2) is 9.97 Å². The zero-order valence-electron chi connectivity index (χ0n) is 16.7. The van der Waals surface area contributed by atoms with Gasteiger partial charge in [0.1, 0.15) is 23.7 Å². The van der Waals surface area contributed by atoms with Gasteiger partial charge in [0, 0.05) is 16.8 Å². The highest BCUT2D eigenvalue weighted by Crippen LogP contribution is 2.37. The molecule has 0 amide bonds. The number of nitrogens with zero attached hydrogens (tertiary/aromatic N) is 3. The number of rotatable bonds is 4. The fraction of sp³-hybridized carbons (Fsp3) is 0.476. The predicted octanol–water partition coefficient (Wildman–Crippen LogP) is 4.29. The molecule has 0 atom stereocenters. The molecule has 1 aliphatic rings. The summed E-state index contributed by atoms with van der Waals surface area (Å²) in [7, 11) is 0. The maximum Gasteiger partial charge on any atom is 0.275 e. The number of nitrogens with one attached hydrogen (secondary N) is 1. The lowest BCUT2D eigenvalue weighted by Gasteiger charge is -2.38. The Bertz CT molecular complexity index is 938. The van der Waals surface area contributed by atoms with Gasteiger partial charge in [-0.2, -0.15) is 0 Å². The molecule has 6 heteroatoms. The smallest absolute Gasteiger partial charge is 0.275 e. The zero-order valence-corrected chi connectivity index (χ0v) is 16.7. The molecule has 6 nitrogen and oxygen atoms in total. The highest BCUT2D eigenvalue weighted by atomic mass is 16.1. The van der Waals surface area contributed by atoms with Crippen molar-refractivity contribution in [2.45, 2.75) is 65.3 Å². The van der Waals surface area contributed by atoms with Crippen LogP contribution in [0.5, 0.6) is 0 Å². The summed E-state index contributed by atoms with van der Waals surface area (Å²) in [5.41, 5.74) is 9.75. The van der Waals surface area contributed by atoms with E-state index >= 15 is 0 Å². The molecule has 0 bridgehead atoms. The maximum absolute atomic E-state index is 13.5. The minimum atomic E-state index is -0.203. The zero-order chi connectivity index (χ0) is 19.8. The molecule has 0 unspecified atom stereocenters. The summed E-state index contributed by atoms with van der Waals surface area (Å²) in [5.74, 6) is 0.963. The molecule has 144 valence electrons. The van der Waals surface area contributed by atoms with Crippen LogP contribution in [0.15, 0.2) is 23.8 Å². The van der Waals surface area contributed by atoms with Gasteiger partial charge in [0.2, 0.25) is 0 Å². The first-order chi connectivity index (χ1) is 12.7. The third-order valence-corrected chi connectivity index (χ3v) is 5.64. The van der Waals surface area contributed by atoms with E-state index in [1.807, 2.05) is 31.4 Å². The Balaban J connectivity index is 2.18. The SMILES string of the molecule is C=C(C)c1c(C)cc(Nc2ncnc(N)c2C)c(=O)n1C1(C)CCCCC1. The molecule has 0 aliphatic heterocycles. The minimum Gasteiger partial charge on any atom is -0.383 e. The van der Waals surface area contributed by atoms with Crippen molar-refractivity contribution in [3.63, 3.8) is 0 Å². The Morgan fingerprint density at radius 3 is 2.56 bits per heavy atom. The lowest BCUT2D eigenvalue weighted by atomic mass is 9.82. The predicted molar refractivity (Wildman–Crippen MR) is 111 cm³/mol. The van der Waals surface area contributed by atoms with Crippen LogP contribution in [-0.2, 0) is 5.54 Å². The molecule has 1 fully saturated rings. The highest BCUT2D eigenvalue weighted by molar-refractivity contribution is 5.68. The number of pyridine rings is 1. The van der Waals surface area contributed by atoms with Gasteiger partial charge in [-0.3, -0.25) is 4.79 Å².